The molecule has 0 bridgehead atoms. The summed E-state index contributed by atoms with van der Waals surface area (Å²) >= 11 is 6.16. The second-order valence-electron chi connectivity index (χ2n) is 6.80. The van der Waals surface area contributed by atoms with Gasteiger partial charge in [0, 0.05) is 17.1 Å². The molecular weight excluding hydrogens is 318 g/mol. The Balaban J connectivity index is 2.00. The first kappa shape index (κ1) is 16.8. The number of benzene rings is 2. The van der Waals surface area contributed by atoms with E-state index in [2.05, 4.69) is 20.8 Å². The molecule has 1 aliphatic heterocycles. The van der Waals surface area contributed by atoms with E-state index in [0.29, 0.717) is 5.02 Å². The molecule has 3 heteroatoms. The summed E-state index contributed by atoms with van der Waals surface area (Å²) in [6.07, 6.45) is 0.889. The minimum atomic E-state index is -0.414. The molecule has 1 heterocycles. The third kappa shape index (κ3) is 2.99. The Morgan fingerprint density at radius 1 is 1.04 bits per heavy atom. The number of nitrogens with zero attached hydrogens (tertiary/aromatic N) is 1. The molecule has 0 saturated carbocycles. The van der Waals surface area contributed by atoms with Gasteiger partial charge in [0.15, 0.2) is 0 Å². The maximum absolute atomic E-state index is 13.3. The number of amides is 1. The summed E-state index contributed by atoms with van der Waals surface area (Å²) in [6, 6.07) is 17.7. The Labute approximate surface area is 148 Å². The predicted molar refractivity (Wildman–Crippen MR) is 99.8 cm³/mol. The minimum Gasteiger partial charge on any atom is -0.329 e. The lowest BCUT2D eigenvalue weighted by Crippen LogP contribution is -2.48. The number of hydrogen-bond donors (Lipinski definition) is 0. The lowest BCUT2D eigenvalue weighted by Gasteiger charge is -2.42. The molecule has 0 atom stereocenters. The normalized spacial score (nSPS) is 15.8. The fourth-order valence-electron chi connectivity index (χ4n) is 3.36. The lowest BCUT2D eigenvalue weighted by atomic mass is 9.86. The molecule has 3 rings (SSSR count). The van der Waals surface area contributed by atoms with Crippen molar-refractivity contribution >= 4 is 23.1 Å². The fourth-order valence-corrected chi connectivity index (χ4v) is 3.55. The number of carbonyl (C=O) groups excluding carboxylic acids is 1. The smallest absolute Gasteiger partial charge is 0.255 e. The van der Waals surface area contributed by atoms with Gasteiger partial charge in [-0.15, -0.1) is 0 Å². The molecule has 124 valence electrons. The maximum Gasteiger partial charge on any atom is 0.255 e. The first-order chi connectivity index (χ1) is 11.4. The molecule has 0 aliphatic carbocycles. The lowest BCUT2D eigenvalue weighted by molar-refractivity contribution is -0.131. The SMILES string of the molecule is CC1=C(c2ccccc2)C(=O)N(C(C)(C)c2cccc(Cl)c2)CC1. The van der Waals surface area contributed by atoms with Gasteiger partial charge in [-0.3, -0.25) is 4.79 Å². The molecule has 0 fully saturated rings. The summed E-state index contributed by atoms with van der Waals surface area (Å²) in [5.41, 5.74) is 3.62. The van der Waals surface area contributed by atoms with Gasteiger partial charge in [-0.05, 0) is 50.5 Å². The van der Waals surface area contributed by atoms with Crippen molar-refractivity contribution in [1.82, 2.24) is 4.90 Å². The predicted octanol–water partition coefficient (Wildman–Crippen LogP) is 5.28. The second-order valence-corrected chi connectivity index (χ2v) is 7.23. The molecule has 0 saturated heterocycles. The molecule has 0 spiro atoms. The van der Waals surface area contributed by atoms with Gasteiger partial charge in [0.25, 0.3) is 5.91 Å². The van der Waals surface area contributed by atoms with Gasteiger partial charge in [-0.1, -0.05) is 59.6 Å². The van der Waals surface area contributed by atoms with Crippen molar-refractivity contribution in [3.63, 3.8) is 0 Å². The zero-order valence-corrected chi connectivity index (χ0v) is 15.1. The van der Waals surface area contributed by atoms with Crippen LogP contribution in [0.2, 0.25) is 5.02 Å². The van der Waals surface area contributed by atoms with E-state index < -0.39 is 5.54 Å². The van der Waals surface area contributed by atoms with Crippen LogP contribution in [-0.2, 0) is 10.3 Å². The van der Waals surface area contributed by atoms with Gasteiger partial charge in [-0.25, -0.2) is 0 Å². The van der Waals surface area contributed by atoms with Crippen LogP contribution >= 0.6 is 11.6 Å². The third-order valence-electron chi connectivity index (χ3n) is 4.86. The van der Waals surface area contributed by atoms with Crippen LogP contribution in [0.25, 0.3) is 5.57 Å². The fraction of sp³-hybridized carbons (Fsp3) is 0.286. The standard InChI is InChI=1S/C21H22ClNO/c1-15-12-13-23(20(24)19(15)16-8-5-4-6-9-16)21(2,3)17-10-7-11-18(22)14-17/h4-11,14H,12-13H2,1-3H3. The highest BCUT2D eigenvalue weighted by Crippen LogP contribution is 2.36. The van der Waals surface area contributed by atoms with Gasteiger partial charge < -0.3 is 4.90 Å². The van der Waals surface area contributed by atoms with Crippen molar-refractivity contribution in [2.75, 3.05) is 6.54 Å². The van der Waals surface area contributed by atoms with E-state index in [1.54, 1.807) is 0 Å². The van der Waals surface area contributed by atoms with Gasteiger partial charge >= 0.3 is 0 Å². The summed E-state index contributed by atoms with van der Waals surface area (Å²) in [5.74, 6) is 0.0925. The van der Waals surface area contributed by atoms with E-state index in [4.69, 9.17) is 11.6 Å². The highest BCUT2D eigenvalue weighted by Gasteiger charge is 2.37. The van der Waals surface area contributed by atoms with Crippen molar-refractivity contribution in [2.24, 2.45) is 0 Å². The summed E-state index contributed by atoms with van der Waals surface area (Å²) in [7, 11) is 0. The topological polar surface area (TPSA) is 20.3 Å². The average molecular weight is 340 g/mol. The van der Waals surface area contributed by atoms with Crippen LogP contribution in [0.1, 0.15) is 38.3 Å². The number of carbonyl (C=O) groups is 1. The van der Waals surface area contributed by atoms with E-state index >= 15 is 0 Å². The Morgan fingerprint density at radius 2 is 1.75 bits per heavy atom. The van der Waals surface area contributed by atoms with Crippen LogP contribution in [-0.4, -0.2) is 17.4 Å². The van der Waals surface area contributed by atoms with Crippen LogP contribution in [0.3, 0.4) is 0 Å². The van der Waals surface area contributed by atoms with Crippen LogP contribution < -0.4 is 0 Å². The van der Waals surface area contributed by atoms with E-state index in [0.717, 1.165) is 35.2 Å². The van der Waals surface area contributed by atoms with E-state index in [1.165, 1.54) is 0 Å². The summed E-state index contributed by atoms with van der Waals surface area (Å²) in [5, 5.41) is 0.694. The Bertz CT molecular complexity index is 792. The zero-order valence-electron chi connectivity index (χ0n) is 14.3. The molecule has 2 aromatic carbocycles. The third-order valence-corrected chi connectivity index (χ3v) is 5.10. The molecule has 2 nitrogen and oxygen atoms in total. The molecule has 24 heavy (non-hydrogen) atoms. The molecular formula is C21H22ClNO. The summed E-state index contributed by atoms with van der Waals surface area (Å²) < 4.78 is 0. The largest absolute Gasteiger partial charge is 0.329 e. The number of hydrogen-bond acceptors (Lipinski definition) is 1. The minimum absolute atomic E-state index is 0.0925. The van der Waals surface area contributed by atoms with Crippen molar-refractivity contribution < 1.29 is 4.79 Å². The van der Waals surface area contributed by atoms with E-state index in [9.17, 15) is 4.79 Å². The summed E-state index contributed by atoms with van der Waals surface area (Å²) in [6.45, 7) is 6.95. The highest BCUT2D eigenvalue weighted by atomic mass is 35.5. The zero-order chi connectivity index (χ0) is 17.3. The molecule has 0 N–H and O–H groups in total. The Morgan fingerprint density at radius 3 is 2.42 bits per heavy atom. The van der Waals surface area contributed by atoms with Gasteiger partial charge in [-0.2, -0.15) is 0 Å². The van der Waals surface area contributed by atoms with Crippen LogP contribution in [0, 0.1) is 0 Å². The first-order valence-electron chi connectivity index (χ1n) is 8.24. The second kappa shape index (κ2) is 6.45. The molecule has 2 aromatic rings. The maximum atomic E-state index is 13.3. The van der Waals surface area contributed by atoms with Crippen molar-refractivity contribution in [3.8, 4) is 0 Å². The van der Waals surface area contributed by atoms with Crippen LogP contribution in [0.5, 0.6) is 0 Å². The van der Waals surface area contributed by atoms with Gasteiger partial charge in [0.2, 0.25) is 0 Å². The summed E-state index contributed by atoms with van der Waals surface area (Å²) in [4.78, 5) is 15.2. The Hall–Kier alpha value is -2.06. The van der Waals surface area contributed by atoms with Gasteiger partial charge in [0.05, 0.1) is 5.54 Å². The molecule has 0 aromatic heterocycles. The molecule has 0 unspecified atom stereocenters. The average Bonchev–Trinajstić information content (AvgIpc) is 2.55. The highest BCUT2D eigenvalue weighted by molar-refractivity contribution is 6.30. The van der Waals surface area contributed by atoms with Crippen molar-refractivity contribution in [1.29, 1.82) is 0 Å². The Kier molecular flexibility index (Phi) is 4.51. The molecule has 1 amide bonds. The number of rotatable bonds is 3. The van der Waals surface area contributed by atoms with E-state index in [1.807, 2.05) is 59.5 Å². The number of halogens is 1. The van der Waals surface area contributed by atoms with Crippen molar-refractivity contribution in [2.45, 2.75) is 32.7 Å². The molecule has 1 aliphatic rings. The van der Waals surface area contributed by atoms with Crippen LogP contribution in [0.4, 0.5) is 0 Å². The monoisotopic (exact) mass is 339 g/mol. The van der Waals surface area contributed by atoms with Crippen molar-refractivity contribution in [3.05, 3.63) is 76.3 Å². The first-order valence-corrected chi connectivity index (χ1v) is 8.62. The van der Waals surface area contributed by atoms with E-state index in [-0.39, 0.29) is 5.91 Å². The van der Waals surface area contributed by atoms with Crippen LogP contribution in [0.15, 0.2) is 60.2 Å². The van der Waals surface area contributed by atoms with Gasteiger partial charge in [0.1, 0.15) is 0 Å². The quantitative estimate of drug-likeness (QED) is 0.744. The molecule has 0 radical (unpaired) electrons.